The maximum absolute atomic E-state index is 12.4. The zero-order valence-electron chi connectivity index (χ0n) is 8.92. The molecule has 0 saturated carbocycles. The number of hydrogen-bond acceptors (Lipinski definition) is 5. The molecule has 0 radical (unpaired) electrons. The number of aromatic nitrogens is 4. The summed E-state index contributed by atoms with van der Waals surface area (Å²) in [6, 6.07) is 2.89. The highest BCUT2D eigenvalue weighted by Gasteiger charge is 2.11. The van der Waals surface area contributed by atoms with Crippen molar-refractivity contribution in [2.75, 3.05) is 0 Å². The monoisotopic (exact) mass is 264 g/mol. The van der Waals surface area contributed by atoms with E-state index >= 15 is 0 Å². The van der Waals surface area contributed by atoms with Gasteiger partial charge in [-0.15, -0.1) is 0 Å². The number of halogens is 2. The van der Waals surface area contributed by atoms with E-state index in [0.29, 0.717) is 16.2 Å². The summed E-state index contributed by atoms with van der Waals surface area (Å²) in [6.45, 7) is 0. The molecule has 0 aromatic carbocycles. The smallest absolute Gasteiger partial charge is 0.253 e. The Balaban J connectivity index is 2.03. The van der Waals surface area contributed by atoms with Gasteiger partial charge in [-0.3, -0.25) is 4.98 Å². The van der Waals surface area contributed by atoms with Gasteiger partial charge < -0.3 is 0 Å². The van der Waals surface area contributed by atoms with E-state index in [-0.39, 0.29) is 5.56 Å². The minimum Gasteiger partial charge on any atom is -0.253 e. The molecule has 3 rings (SSSR count). The summed E-state index contributed by atoms with van der Waals surface area (Å²) in [5.74, 6) is 0. The minimum absolute atomic E-state index is 0.0975. The molecule has 0 saturated heterocycles. The van der Waals surface area contributed by atoms with Gasteiger partial charge in [0.05, 0.1) is 11.9 Å². The largest absolute Gasteiger partial charge is 0.265 e. The molecule has 4 nitrogen and oxygen atoms in total. The Hall–Kier alpha value is -2.02. The lowest BCUT2D eigenvalue weighted by Crippen LogP contribution is -1.87. The number of thiazole rings is 1. The number of fused-ring (bicyclic) bond motifs is 1. The molecular weight excluding hydrogens is 258 g/mol. The van der Waals surface area contributed by atoms with Crippen LogP contribution in [0, 0.1) is 0 Å². The van der Waals surface area contributed by atoms with Crippen LogP contribution in [0.15, 0.2) is 30.9 Å². The van der Waals surface area contributed by atoms with Crippen LogP contribution in [0.2, 0.25) is 0 Å². The summed E-state index contributed by atoms with van der Waals surface area (Å²) in [6.07, 6.45) is 1.71. The van der Waals surface area contributed by atoms with Crippen LogP contribution < -0.4 is 0 Å². The fourth-order valence-electron chi connectivity index (χ4n) is 1.46. The molecule has 0 bridgehead atoms. The predicted octanol–water partition coefficient (Wildman–Crippen LogP) is 3.09. The molecule has 3 aromatic rings. The predicted molar refractivity (Wildman–Crippen MR) is 63.4 cm³/mol. The van der Waals surface area contributed by atoms with Crippen molar-refractivity contribution in [1.82, 2.24) is 19.9 Å². The normalized spacial score (nSPS) is 11.3. The van der Waals surface area contributed by atoms with Crippen LogP contribution in [0.4, 0.5) is 8.78 Å². The second kappa shape index (κ2) is 4.34. The molecule has 7 heteroatoms. The zero-order valence-corrected chi connectivity index (χ0v) is 9.73. The van der Waals surface area contributed by atoms with E-state index in [0.717, 1.165) is 11.0 Å². The molecule has 3 heterocycles. The Bertz CT molecular complexity index is 648. The molecule has 0 unspecified atom stereocenters. The Morgan fingerprint density at radius 3 is 2.67 bits per heavy atom. The third-order valence-electron chi connectivity index (χ3n) is 2.33. The van der Waals surface area contributed by atoms with Crippen molar-refractivity contribution < 1.29 is 8.78 Å². The van der Waals surface area contributed by atoms with Crippen LogP contribution >= 0.6 is 11.3 Å². The third-order valence-corrected chi connectivity index (χ3v) is 3.33. The molecule has 0 atom stereocenters. The van der Waals surface area contributed by atoms with Crippen molar-refractivity contribution in [3.63, 3.8) is 0 Å². The summed E-state index contributed by atoms with van der Waals surface area (Å²) in [7, 11) is 0. The number of pyridine rings is 1. The molecule has 0 N–H and O–H groups in total. The van der Waals surface area contributed by atoms with Crippen LogP contribution in [0.25, 0.3) is 21.0 Å². The molecule has 0 spiro atoms. The molecule has 18 heavy (non-hydrogen) atoms. The van der Waals surface area contributed by atoms with E-state index in [9.17, 15) is 8.78 Å². The van der Waals surface area contributed by atoms with Gasteiger partial charge in [0.25, 0.3) is 6.43 Å². The first-order chi connectivity index (χ1) is 8.74. The summed E-state index contributed by atoms with van der Waals surface area (Å²) in [5.41, 5.74) is 1.14. The molecule has 90 valence electrons. The van der Waals surface area contributed by atoms with E-state index in [1.807, 2.05) is 0 Å². The highest BCUT2D eigenvalue weighted by Crippen LogP contribution is 2.28. The topological polar surface area (TPSA) is 51.6 Å². The van der Waals surface area contributed by atoms with Gasteiger partial charge in [-0.05, 0) is 12.1 Å². The van der Waals surface area contributed by atoms with Crippen LogP contribution in [0.5, 0.6) is 0 Å². The highest BCUT2D eigenvalue weighted by molar-refractivity contribution is 7.21. The Kier molecular flexibility index (Phi) is 2.67. The first-order valence-corrected chi connectivity index (χ1v) is 5.87. The van der Waals surface area contributed by atoms with Crippen LogP contribution in [-0.2, 0) is 0 Å². The van der Waals surface area contributed by atoms with Crippen molar-refractivity contribution in [2.45, 2.75) is 6.43 Å². The van der Waals surface area contributed by atoms with Gasteiger partial charge in [0.1, 0.15) is 21.7 Å². The van der Waals surface area contributed by atoms with Crippen molar-refractivity contribution in [1.29, 1.82) is 0 Å². The standard InChI is InChI=1S/C11H6F2N4S/c12-9(13)6-1-2-7(15-3-6)11-17-8-4-14-5-16-10(8)18-11/h1-5,9H. The van der Waals surface area contributed by atoms with Crippen LogP contribution in [0.3, 0.4) is 0 Å². The van der Waals surface area contributed by atoms with Gasteiger partial charge in [0.2, 0.25) is 0 Å². The molecule has 0 aliphatic rings. The van der Waals surface area contributed by atoms with Crippen molar-refractivity contribution in [3.05, 3.63) is 36.4 Å². The average molecular weight is 264 g/mol. The van der Waals surface area contributed by atoms with Crippen LogP contribution in [-0.4, -0.2) is 19.9 Å². The number of hydrogen-bond donors (Lipinski definition) is 0. The quantitative estimate of drug-likeness (QED) is 0.713. The van der Waals surface area contributed by atoms with Gasteiger partial charge in [0, 0.05) is 11.8 Å². The van der Waals surface area contributed by atoms with E-state index < -0.39 is 6.43 Å². The van der Waals surface area contributed by atoms with Crippen molar-refractivity contribution in [2.24, 2.45) is 0 Å². The van der Waals surface area contributed by atoms with Gasteiger partial charge >= 0.3 is 0 Å². The van der Waals surface area contributed by atoms with Crippen LogP contribution in [0.1, 0.15) is 12.0 Å². The number of alkyl halides is 2. The lowest BCUT2D eigenvalue weighted by atomic mass is 10.2. The fourth-order valence-corrected chi connectivity index (χ4v) is 2.32. The van der Waals surface area contributed by atoms with Gasteiger partial charge in [-0.1, -0.05) is 11.3 Å². The highest BCUT2D eigenvalue weighted by atomic mass is 32.1. The second-order valence-electron chi connectivity index (χ2n) is 3.51. The lowest BCUT2D eigenvalue weighted by Gasteiger charge is -1.99. The molecule has 0 aliphatic heterocycles. The van der Waals surface area contributed by atoms with Gasteiger partial charge in [-0.2, -0.15) is 0 Å². The van der Waals surface area contributed by atoms with E-state index in [4.69, 9.17) is 0 Å². The zero-order chi connectivity index (χ0) is 12.5. The Morgan fingerprint density at radius 1 is 1.11 bits per heavy atom. The van der Waals surface area contributed by atoms with Crippen molar-refractivity contribution in [3.8, 4) is 10.7 Å². The summed E-state index contributed by atoms with van der Waals surface area (Å²) >= 11 is 1.35. The molecular formula is C11H6F2N4S. The maximum Gasteiger partial charge on any atom is 0.265 e. The molecule has 0 aliphatic carbocycles. The number of rotatable bonds is 2. The lowest BCUT2D eigenvalue weighted by molar-refractivity contribution is 0.151. The first kappa shape index (κ1) is 11.1. The fraction of sp³-hybridized carbons (Fsp3) is 0.0909. The molecule has 0 amide bonds. The maximum atomic E-state index is 12.4. The Labute approximate surface area is 104 Å². The average Bonchev–Trinajstić information content (AvgIpc) is 2.82. The SMILES string of the molecule is FC(F)c1ccc(-c2nc3cncnc3s2)nc1. The van der Waals surface area contributed by atoms with E-state index in [1.165, 1.54) is 29.8 Å². The molecule has 3 aromatic heterocycles. The van der Waals surface area contributed by atoms with Gasteiger partial charge in [0.15, 0.2) is 0 Å². The van der Waals surface area contributed by atoms with Crippen molar-refractivity contribution >= 4 is 21.7 Å². The minimum atomic E-state index is -2.51. The molecule has 0 fully saturated rings. The first-order valence-electron chi connectivity index (χ1n) is 5.05. The van der Waals surface area contributed by atoms with Gasteiger partial charge in [-0.25, -0.2) is 23.7 Å². The Morgan fingerprint density at radius 2 is 2.00 bits per heavy atom. The van der Waals surface area contributed by atoms with E-state index in [1.54, 1.807) is 6.20 Å². The van der Waals surface area contributed by atoms with E-state index in [2.05, 4.69) is 19.9 Å². The summed E-state index contributed by atoms with van der Waals surface area (Å²) in [5, 5.41) is 0.645. The second-order valence-corrected chi connectivity index (χ2v) is 4.49. The number of nitrogens with zero attached hydrogens (tertiary/aromatic N) is 4. The summed E-state index contributed by atoms with van der Waals surface area (Å²) < 4.78 is 24.8. The summed E-state index contributed by atoms with van der Waals surface area (Å²) in [4.78, 5) is 17.0. The third kappa shape index (κ3) is 1.92.